The van der Waals surface area contributed by atoms with E-state index in [2.05, 4.69) is 15.5 Å². The molecule has 0 aromatic carbocycles. The number of hydrogen-bond donors (Lipinski definition) is 3. The standard InChI is InChI=1S/C15H27N3O3/c1-11(8-9-18(4)5)17-14(19)16-10-15(3,20)13-7-6-12(2)21-13/h6-7,11,20H,8-10H2,1-5H3,(H2,16,17,19). The third kappa shape index (κ3) is 6.18. The monoisotopic (exact) mass is 297 g/mol. The van der Waals surface area contributed by atoms with Crippen LogP contribution in [0.5, 0.6) is 0 Å². The van der Waals surface area contributed by atoms with Crippen LogP contribution >= 0.6 is 0 Å². The first-order valence-corrected chi connectivity index (χ1v) is 7.19. The first kappa shape index (κ1) is 17.5. The fraction of sp³-hybridized carbons (Fsp3) is 0.667. The smallest absolute Gasteiger partial charge is 0.315 e. The van der Waals surface area contributed by atoms with E-state index in [9.17, 15) is 9.90 Å². The van der Waals surface area contributed by atoms with Gasteiger partial charge in [0.25, 0.3) is 0 Å². The van der Waals surface area contributed by atoms with Crippen molar-refractivity contribution in [2.45, 2.75) is 38.8 Å². The van der Waals surface area contributed by atoms with E-state index in [4.69, 9.17) is 4.42 Å². The second-order valence-corrected chi connectivity index (χ2v) is 6.00. The predicted octanol–water partition coefficient (Wildman–Crippen LogP) is 1.43. The molecule has 1 aromatic rings. The van der Waals surface area contributed by atoms with Crippen molar-refractivity contribution in [2.75, 3.05) is 27.2 Å². The largest absolute Gasteiger partial charge is 0.463 e. The third-order valence-electron chi connectivity index (χ3n) is 3.25. The van der Waals surface area contributed by atoms with Crippen molar-refractivity contribution in [3.05, 3.63) is 23.7 Å². The molecular formula is C15H27N3O3. The molecule has 0 aliphatic heterocycles. The highest BCUT2D eigenvalue weighted by molar-refractivity contribution is 5.74. The Morgan fingerprint density at radius 2 is 2.14 bits per heavy atom. The molecule has 0 aliphatic rings. The molecule has 2 unspecified atom stereocenters. The Morgan fingerprint density at radius 1 is 1.48 bits per heavy atom. The van der Waals surface area contributed by atoms with Crippen LogP contribution in [0.3, 0.4) is 0 Å². The van der Waals surface area contributed by atoms with Gasteiger partial charge in [0.05, 0.1) is 6.54 Å². The van der Waals surface area contributed by atoms with Crippen molar-refractivity contribution in [1.82, 2.24) is 15.5 Å². The van der Waals surface area contributed by atoms with Crippen molar-refractivity contribution in [3.8, 4) is 0 Å². The molecule has 1 rings (SSSR count). The van der Waals surface area contributed by atoms with Crippen LogP contribution in [0.25, 0.3) is 0 Å². The summed E-state index contributed by atoms with van der Waals surface area (Å²) in [4.78, 5) is 13.9. The second kappa shape index (κ2) is 7.47. The summed E-state index contributed by atoms with van der Waals surface area (Å²) < 4.78 is 5.40. The Hall–Kier alpha value is -1.53. The molecule has 3 N–H and O–H groups in total. The first-order chi connectivity index (χ1) is 9.70. The number of carbonyl (C=O) groups excluding carboxylic acids is 1. The molecule has 0 spiro atoms. The van der Waals surface area contributed by atoms with Crippen LogP contribution in [0.2, 0.25) is 0 Å². The molecule has 1 aromatic heterocycles. The van der Waals surface area contributed by atoms with Gasteiger partial charge in [0, 0.05) is 6.04 Å². The SMILES string of the molecule is Cc1ccc(C(C)(O)CNC(=O)NC(C)CCN(C)C)o1. The number of amides is 2. The van der Waals surface area contributed by atoms with Crippen LogP contribution in [0.4, 0.5) is 4.79 Å². The second-order valence-electron chi connectivity index (χ2n) is 6.00. The number of nitrogens with zero attached hydrogens (tertiary/aromatic N) is 1. The van der Waals surface area contributed by atoms with E-state index >= 15 is 0 Å². The number of aliphatic hydroxyl groups is 1. The summed E-state index contributed by atoms with van der Waals surface area (Å²) in [7, 11) is 3.99. The lowest BCUT2D eigenvalue weighted by atomic mass is 10.0. The topological polar surface area (TPSA) is 77.7 Å². The molecular weight excluding hydrogens is 270 g/mol. The Morgan fingerprint density at radius 3 is 2.67 bits per heavy atom. The van der Waals surface area contributed by atoms with E-state index in [1.165, 1.54) is 0 Å². The van der Waals surface area contributed by atoms with Crippen molar-refractivity contribution >= 4 is 6.03 Å². The average Bonchev–Trinajstić information content (AvgIpc) is 2.82. The number of carbonyl (C=O) groups is 1. The van der Waals surface area contributed by atoms with Crippen LogP contribution in [-0.2, 0) is 5.60 Å². The predicted molar refractivity (Wildman–Crippen MR) is 82.2 cm³/mol. The highest BCUT2D eigenvalue weighted by atomic mass is 16.4. The molecule has 0 saturated heterocycles. The lowest BCUT2D eigenvalue weighted by Gasteiger charge is -2.22. The number of urea groups is 1. The van der Waals surface area contributed by atoms with E-state index in [0.717, 1.165) is 18.7 Å². The zero-order valence-corrected chi connectivity index (χ0v) is 13.6. The third-order valence-corrected chi connectivity index (χ3v) is 3.25. The Labute approximate surface area is 126 Å². The van der Waals surface area contributed by atoms with Crippen molar-refractivity contribution in [1.29, 1.82) is 0 Å². The molecule has 2 atom stereocenters. The highest BCUT2D eigenvalue weighted by Gasteiger charge is 2.27. The van der Waals surface area contributed by atoms with Gasteiger partial charge in [0.1, 0.15) is 17.1 Å². The van der Waals surface area contributed by atoms with Crippen LogP contribution in [0.15, 0.2) is 16.5 Å². The zero-order chi connectivity index (χ0) is 16.0. The van der Waals surface area contributed by atoms with Gasteiger partial charge in [-0.05, 0) is 60.0 Å². The van der Waals surface area contributed by atoms with E-state index in [1.807, 2.05) is 27.9 Å². The summed E-state index contributed by atoms with van der Waals surface area (Å²) in [5, 5.41) is 15.8. The number of furan rings is 1. The first-order valence-electron chi connectivity index (χ1n) is 7.19. The molecule has 2 amide bonds. The van der Waals surface area contributed by atoms with Gasteiger partial charge in [-0.1, -0.05) is 0 Å². The number of rotatable bonds is 7. The molecule has 0 radical (unpaired) electrons. The molecule has 21 heavy (non-hydrogen) atoms. The molecule has 0 fully saturated rings. The summed E-state index contributed by atoms with van der Waals surface area (Å²) in [6.07, 6.45) is 0.869. The Kier molecular flexibility index (Phi) is 6.23. The molecule has 0 aliphatic carbocycles. The van der Waals surface area contributed by atoms with Gasteiger partial charge in [-0.3, -0.25) is 0 Å². The molecule has 6 nitrogen and oxygen atoms in total. The minimum absolute atomic E-state index is 0.0724. The van der Waals surface area contributed by atoms with Crippen LogP contribution < -0.4 is 10.6 Å². The maximum absolute atomic E-state index is 11.8. The molecule has 6 heteroatoms. The van der Waals surface area contributed by atoms with E-state index in [1.54, 1.807) is 19.1 Å². The van der Waals surface area contributed by atoms with E-state index < -0.39 is 5.60 Å². The molecule has 0 bridgehead atoms. The molecule has 120 valence electrons. The summed E-state index contributed by atoms with van der Waals surface area (Å²) in [5.74, 6) is 1.17. The van der Waals surface area contributed by atoms with Gasteiger partial charge in [-0.2, -0.15) is 0 Å². The van der Waals surface area contributed by atoms with Crippen molar-refractivity contribution < 1.29 is 14.3 Å². The minimum atomic E-state index is -1.22. The van der Waals surface area contributed by atoms with Crippen molar-refractivity contribution in [3.63, 3.8) is 0 Å². The highest BCUT2D eigenvalue weighted by Crippen LogP contribution is 2.21. The lowest BCUT2D eigenvalue weighted by Crippen LogP contribution is -2.46. The molecule has 1 heterocycles. The van der Waals surface area contributed by atoms with Gasteiger partial charge >= 0.3 is 6.03 Å². The maximum Gasteiger partial charge on any atom is 0.315 e. The Bertz CT molecular complexity index is 455. The van der Waals surface area contributed by atoms with Crippen LogP contribution in [0, 0.1) is 6.92 Å². The summed E-state index contributed by atoms with van der Waals surface area (Å²) in [6, 6.07) is 3.29. The van der Waals surface area contributed by atoms with Gasteiger partial charge in [0.2, 0.25) is 0 Å². The summed E-state index contributed by atoms with van der Waals surface area (Å²) in [6.45, 7) is 6.38. The van der Waals surface area contributed by atoms with Gasteiger partial charge in [0.15, 0.2) is 0 Å². The quantitative estimate of drug-likeness (QED) is 0.711. The maximum atomic E-state index is 11.8. The fourth-order valence-corrected chi connectivity index (χ4v) is 1.86. The lowest BCUT2D eigenvalue weighted by molar-refractivity contribution is 0.0359. The minimum Gasteiger partial charge on any atom is -0.463 e. The van der Waals surface area contributed by atoms with Gasteiger partial charge in [-0.15, -0.1) is 0 Å². The van der Waals surface area contributed by atoms with Gasteiger partial charge < -0.3 is 25.1 Å². The van der Waals surface area contributed by atoms with Crippen LogP contribution in [-0.4, -0.2) is 49.3 Å². The molecule has 0 saturated carbocycles. The normalized spacial score (nSPS) is 15.6. The fourth-order valence-electron chi connectivity index (χ4n) is 1.86. The van der Waals surface area contributed by atoms with Gasteiger partial charge in [-0.25, -0.2) is 4.79 Å². The van der Waals surface area contributed by atoms with E-state index in [0.29, 0.717) is 5.76 Å². The zero-order valence-electron chi connectivity index (χ0n) is 13.6. The van der Waals surface area contributed by atoms with E-state index in [-0.39, 0.29) is 18.6 Å². The number of hydrogen-bond acceptors (Lipinski definition) is 4. The Balaban J connectivity index is 2.38. The number of nitrogens with one attached hydrogen (secondary N) is 2. The average molecular weight is 297 g/mol. The summed E-state index contributed by atoms with van der Waals surface area (Å²) >= 11 is 0. The summed E-state index contributed by atoms with van der Waals surface area (Å²) in [5.41, 5.74) is -1.22. The number of aryl methyl sites for hydroxylation is 1. The van der Waals surface area contributed by atoms with Crippen molar-refractivity contribution in [2.24, 2.45) is 0 Å². The van der Waals surface area contributed by atoms with Crippen LogP contribution in [0.1, 0.15) is 31.8 Å².